The Morgan fingerprint density at radius 3 is 2.52 bits per heavy atom. The lowest BCUT2D eigenvalue weighted by Crippen LogP contribution is -2.44. The van der Waals surface area contributed by atoms with Gasteiger partial charge in [-0.2, -0.15) is 0 Å². The van der Waals surface area contributed by atoms with Crippen LogP contribution in [0.2, 0.25) is 0 Å². The highest BCUT2D eigenvalue weighted by atomic mass is 32.1. The van der Waals surface area contributed by atoms with Gasteiger partial charge in [-0.3, -0.25) is 4.79 Å². The summed E-state index contributed by atoms with van der Waals surface area (Å²) in [7, 11) is 0. The molecule has 154 valence electrons. The molecule has 7 nitrogen and oxygen atoms in total. The summed E-state index contributed by atoms with van der Waals surface area (Å²) in [5, 5.41) is 0.771. The van der Waals surface area contributed by atoms with Crippen LogP contribution in [-0.2, 0) is 11.2 Å². The Balaban J connectivity index is 1.58. The standard InChI is InChI=1S/C21H26N4O3S/c1-13-14(7-8-16(22-13)24-10-5-6-11-24)18-23-15-9-12-25(19(26)17(15)29-18)20(27)28-21(2,3)4/h7-8H,5-6,9-12H2,1-4H3. The van der Waals surface area contributed by atoms with Crippen LogP contribution in [0.1, 0.15) is 54.7 Å². The normalized spacial score (nSPS) is 16.9. The van der Waals surface area contributed by atoms with Gasteiger partial charge in [0, 0.05) is 37.3 Å². The number of anilines is 1. The van der Waals surface area contributed by atoms with Crippen LogP contribution in [-0.4, -0.2) is 52.1 Å². The zero-order valence-electron chi connectivity index (χ0n) is 17.3. The lowest BCUT2D eigenvalue weighted by atomic mass is 10.1. The molecule has 4 heterocycles. The summed E-state index contributed by atoms with van der Waals surface area (Å²) < 4.78 is 5.37. The fourth-order valence-electron chi connectivity index (χ4n) is 3.63. The molecule has 8 heteroatoms. The number of fused-ring (bicyclic) bond motifs is 1. The van der Waals surface area contributed by atoms with Crippen molar-refractivity contribution < 1.29 is 14.3 Å². The smallest absolute Gasteiger partial charge is 0.417 e. The first-order chi connectivity index (χ1) is 13.7. The van der Waals surface area contributed by atoms with E-state index in [1.807, 2.05) is 19.1 Å². The Kier molecular flexibility index (Phi) is 5.06. The van der Waals surface area contributed by atoms with Crippen molar-refractivity contribution in [3.8, 4) is 10.6 Å². The third-order valence-electron chi connectivity index (χ3n) is 5.05. The van der Waals surface area contributed by atoms with E-state index >= 15 is 0 Å². The topological polar surface area (TPSA) is 75.6 Å². The van der Waals surface area contributed by atoms with Crippen LogP contribution < -0.4 is 4.90 Å². The third kappa shape index (κ3) is 3.99. The van der Waals surface area contributed by atoms with Crippen molar-refractivity contribution >= 4 is 29.2 Å². The van der Waals surface area contributed by atoms with E-state index < -0.39 is 11.7 Å². The van der Waals surface area contributed by atoms with Crippen LogP contribution in [0.3, 0.4) is 0 Å². The van der Waals surface area contributed by atoms with Crippen LogP contribution >= 0.6 is 11.3 Å². The summed E-state index contributed by atoms with van der Waals surface area (Å²) in [5.41, 5.74) is 1.94. The molecular weight excluding hydrogens is 388 g/mol. The number of thiazole rings is 1. The first kappa shape index (κ1) is 19.8. The van der Waals surface area contributed by atoms with Crippen LogP contribution in [0.15, 0.2) is 12.1 Å². The van der Waals surface area contributed by atoms with Crippen LogP contribution in [0.4, 0.5) is 10.6 Å². The van der Waals surface area contributed by atoms with E-state index in [0.29, 0.717) is 11.3 Å². The first-order valence-corrected chi connectivity index (χ1v) is 10.8. The average Bonchev–Trinajstić information content (AvgIpc) is 3.30. The zero-order valence-corrected chi connectivity index (χ0v) is 18.1. The number of imide groups is 1. The van der Waals surface area contributed by atoms with Gasteiger partial charge in [0.1, 0.15) is 21.3 Å². The third-order valence-corrected chi connectivity index (χ3v) is 6.17. The summed E-state index contributed by atoms with van der Waals surface area (Å²) >= 11 is 1.32. The second-order valence-corrected chi connectivity index (χ2v) is 9.48. The highest BCUT2D eigenvalue weighted by Crippen LogP contribution is 2.34. The molecule has 2 amide bonds. The summed E-state index contributed by atoms with van der Waals surface area (Å²) in [6, 6.07) is 4.07. The number of hydrogen-bond donors (Lipinski definition) is 0. The summed E-state index contributed by atoms with van der Waals surface area (Å²) in [6.07, 6.45) is 2.35. The zero-order chi connectivity index (χ0) is 20.8. The SMILES string of the molecule is Cc1nc(N2CCCC2)ccc1-c1nc2c(s1)C(=O)N(C(=O)OC(C)(C)C)CC2. The lowest BCUT2D eigenvalue weighted by Gasteiger charge is -2.27. The molecule has 1 saturated heterocycles. The Labute approximate surface area is 174 Å². The average molecular weight is 415 g/mol. The van der Waals surface area contributed by atoms with E-state index in [0.717, 1.165) is 40.9 Å². The van der Waals surface area contributed by atoms with E-state index in [1.54, 1.807) is 20.8 Å². The van der Waals surface area contributed by atoms with Crippen molar-refractivity contribution in [3.63, 3.8) is 0 Å². The molecule has 4 rings (SSSR count). The monoisotopic (exact) mass is 414 g/mol. The molecule has 0 atom stereocenters. The molecule has 1 fully saturated rings. The van der Waals surface area contributed by atoms with Gasteiger partial charge in [-0.25, -0.2) is 19.7 Å². The molecule has 0 radical (unpaired) electrons. The minimum atomic E-state index is -0.642. The maximum absolute atomic E-state index is 12.9. The summed E-state index contributed by atoms with van der Waals surface area (Å²) in [6.45, 7) is 9.73. The van der Waals surface area contributed by atoms with E-state index in [2.05, 4.69) is 4.90 Å². The van der Waals surface area contributed by atoms with E-state index in [9.17, 15) is 9.59 Å². The molecule has 0 unspecified atom stereocenters. The molecule has 0 aliphatic carbocycles. The van der Waals surface area contributed by atoms with Gasteiger partial charge in [-0.05, 0) is 52.7 Å². The number of hydrogen-bond acceptors (Lipinski definition) is 7. The van der Waals surface area contributed by atoms with Gasteiger partial charge in [0.15, 0.2) is 0 Å². The second kappa shape index (κ2) is 7.40. The maximum atomic E-state index is 12.9. The molecule has 0 saturated carbocycles. The number of carbonyl (C=O) groups is 2. The largest absolute Gasteiger partial charge is 0.443 e. The molecule has 0 bridgehead atoms. The molecular formula is C21H26N4O3S. The Hall–Kier alpha value is -2.48. The van der Waals surface area contributed by atoms with Crippen molar-refractivity contribution in [2.45, 2.75) is 52.6 Å². The maximum Gasteiger partial charge on any atom is 0.417 e. The number of ether oxygens (including phenoxy) is 1. The second-order valence-electron chi connectivity index (χ2n) is 8.48. The number of nitrogens with zero attached hydrogens (tertiary/aromatic N) is 4. The van der Waals surface area contributed by atoms with Gasteiger partial charge in [0.05, 0.1) is 5.69 Å². The molecule has 0 spiro atoms. The minimum absolute atomic E-state index is 0.287. The quantitative estimate of drug-likeness (QED) is 0.738. The lowest BCUT2D eigenvalue weighted by molar-refractivity contribution is 0.0235. The van der Waals surface area contributed by atoms with Gasteiger partial charge in [0.25, 0.3) is 5.91 Å². The summed E-state index contributed by atoms with van der Waals surface area (Å²) in [4.78, 5) is 38.7. The van der Waals surface area contributed by atoms with E-state index in [4.69, 9.17) is 14.7 Å². The Bertz CT molecular complexity index is 957. The molecule has 2 aromatic rings. The van der Waals surface area contributed by atoms with Crippen LogP contribution in [0.25, 0.3) is 10.6 Å². The van der Waals surface area contributed by atoms with Gasteiger partial charge in [0.2, 0.25) is 0 Å². The molecule has 0 aromatic carbocycles. The van der Waals surface area contributed by atoms with Gasteiger partial charge in [-0.1, -0.05) is 0 Å². The fraction of sp³-hybridized carbons (Fsp3) is 0.524. The van der Waals surface area contributed by atoms with Crippen molar-refractivity contribution in [2.75, 3.05) is 24.5 Å². The highest BCUT2D eigenvalue weighted by Gasteiger charge is 2.35. The predicted molar refractivity (Wildman–Crippen MR) is 113 cm³/mol. The minimum Gasteiger partial charge on any atom is -0.443 e. The molecule has 2 aliphatic rings. The summed E-state index contributed by atoms with van der Waals surface area (Å²) in [5.74, 6) is 0.667. The van der Waals surface area contributed by atoms with Crippen LogP contribution in [0, 0.1) is 6.92 Å². The first-order valence-electron chi connectivity index (χ1n) is 10.0. The fourth-order valence-corrected chi connectivity index (χ4v) is 4.77. The number of aromatic nitrogens is 2. The van der Waals surface area contributed by atoms with E-state index in [-0.39, 0.29) is 12.5 Å². The van der Waals surface area contributed by atoms with Crippen molar-refractivity contribution in [3.05, 3.63) is 28.4 Å². The van der Waals surface area contributed by atoms with Gasteiger partial charge < -0.3 is 9.64 Å². The number of aryl methyl sites for hydroxylation is 1. The highest BCUT2D eigenvalue weighted by molar-refractivity contribution is 7.17. The number of pyridine rings is 1. The Morgan fingerprint density at radius 1 is 1.14 bits per heavy atom. The number of rotatable bonds is 2. The Morgan fingerprint density at radius 2 is 1.86 bits per heavy atom. The molecule has 29 heavy (non-hydrogen) atoms. The molecule has 0 N–H and O–H groups in total. The predicted octanol–water partition coefficient (Wildman–Crippen LogP) is 4.05. The van der Waals surface area contributed by atoms with Crippen molar-refractivity contribution in [2.24, 2.45) is 0 Å². The van der Waals surface area contributed by atoms with Gasteiger partial charge >= 0.3 is 6.09 Å². The van der Waals surface area contributed by atoms with Crippen LogP contribution in [0.5, 0.6) is 0 Å². The van der Waals surface area contributed by atoms with Gasteiger partial charge in [-0.15, -0.1) is 11.3 Å². The number of amides is 2. The molecule has 2 aromatic heterocycles. The van der Waals surface area contributed by atoms with Crippen molar-refractivity contribution in [1.29, 1.82) is 0 Å². The van der Waals surface area contributed by atoms with E-state index in [1.165, 1.54) is 29.1 Å². The molecule has 2 aliphatic heterocycles. The van der Waals surface area contributed by atoms with Crippen molar-refractivity contribution in [1.82, 2.24) is 14.9 Å². The number of carbonyl (C=O) groups excluding carboxylic acids is 2.